The molecule has 2 heteroatoms. The highest BCUT2D eigenvalue weighted by Crippen LogP contribution is 2.35. The molecule has 0 saturated heterocycles. The zero-order valence-corrected chi connectivity index (χ0v) is 10.0. The molecule has 1 saturated carbocycles. The van der Waals surface area contributed by atoms with Gasteiger partial charge in [-0.1, -0.05) is 13.0 Å². The second-order valence-corrected chi connectivity index (χ2v) is 4.79. The Morgan fingerprint density at radius 3 is 2.81 bits per heavy atom. The summed E-state index contributed by atoms with van der Waals surface area (Å²) in [6.45, 7) is 4.34. The molecular weight excluding hydrogens is 196 g/mol. The summed E-state index contributed by atoms with van der Waals surface area (Å²) in [6.07, 6.45) is 5.12. The summed E-state index contributed by atoms with van der Waals surface area (Å²) in [5, 5.41) is 0. The highest BCUT2D eigenvalue weighted by molar-refractivity contribution is 5.77. The molecule has 1 aromatic heterocycles. The third kappa shape index (κ3) is 1.36. The van der Waals surface area contributed by atoms with Crippen molar-refractivity contribution in [3.8, 4) is 0 Å². The van der Waals surface area contributed by atoms with Crippen LogP contribution in [0.25, 0.3) is 11.0 Å². The lowest BCUT2D eigenvalue weighted by molar-refractivity contribution is 0.316. The monoisotopic (exact) mass is 214 g/mol. The van der Waals surface area contributed by atoms with Gasteiger partial charge in [-0.15, -0.1) is 0 Å². The van der Waals surface area contributed by atoms with Gasteiger partial charge in [0.15, 0.2) is 0 Å². The second-order valence-electron chi connectivity index (χ2n) is 4.79. The maximum absolute atomic E-state index is 4.65. The molecule has 0 radical (unpaired) electrons. The smallest absolute Gasteiger partial charge is 0.106 e. The number of imidazole rings is 1. The summed E-state index contributed by atoms with van der Waals surface area (Å²) >= 11 is 0. The van der Waals surface area contributed by atoms with Crippen molar-refractivity contribution in [2.75, 3.05) is 0 Å². The Balaban J connectivity index is 2.19. The fourth-order valence-electron chi connectivity index (χ4n) is 2.58. The summed E-state index contributed by atoms with van der Waals surface area (Å²) in [7, 11) is 0. The lowest BCUT2D eigenvalue weighted by Crippen LogP contribution is -2.17. The van der Waals surface area contributed by atoms with Gasteiger partial charge in [-0.05, 0) is 50.3 Å². The quantitative estimate of drug-likeness (QED) is 0.746. The molecule has 2 aromatic rings. The summed E-state index contributed by atoms with van der Waals surface area (Å²) in [5.41, 5.74) is 3.90. The van der Waals surface area contributed by atoms with E-state index in [1.165, 1.54) is 36.2 Å². The van der Waals surface area contributed by atoms with Crippen LogP contribution in [0.5, 0.6) is 0 Å². The molecule has 0 aliphatic heterocycles. The first-order chi connectivity index (χ1) is 7.79. The normalized spacial score (nSPS) is 16.6. The average molecular weight is 214 g/mol. The molecule has 0 unspecified atom stereocenters. The van der Waals surface area contributed by atoms with Crippen LogP contribution in [0.1, 0.15) is 43.6 Å². The number of nitrogens with zero attached hydrogens (tertiary/aromatic N) is 2. The Bertz CT molecular complexity index is 521. The number of hydrogen-bond donors (Lipinski definition) is 0. The molecule has 1 aromatic carbocycles. The largest absolute Gasteiger partial charge is 0.325 e. The van der Waals surface area contributed by atoms with E-state index in [1.807, 2.05) is 0 Å². The Morgan fingerprint density at radius 1 is 1.38 bits per heavy atom. The lowest BCUT2D eigenvalue weighted by atomic mass is 9.92. The molecule has 1 aliphatic rings. The van der Waals surface area contributed by atoms with Crippen molar-refractivity contribution in [2.45, 2.75) is 45.6 Å². The van der Waals surface area contributed by atoms with Gasteiger partial charge in [0.25, 0.3) is 0 Å². The first-order valence-corrected chi connectivity index (χ1v) is 6.27. The van der Waals surface area contributed by atoms with E-state index < -0.39 is 0 Å². The van der Waals surface area contributed by atoms with Crippen molar-refractivity contribution in [2.24, 2.45) is 0 Å². The van der Waals surface area contributed by atoms with Gasteiger partial charge in [0, 0.05) is 6.04 Å². The van der Waals surface area contributed by atoms with E-state index in [-0.39, 0.29) is 0 Å². The maximum atomic E-state index is 4.65. The highest BCUT2D eigenvalue weighted by Gasteiger charge is 2.22. The predicted octanol–water partition coefficient (Wildman–Crippen LogP) is 3.63. The van der Waals surface area contributed by atoms with E-state index in [1.54, 1.807) is 0 Å². The average Bonchev–Trinajstić information content (AvgIpc) is 2.53. The Kier molecular flexibility index (Phi) is 2.23. The standard InChI is InChI=1S/C14H18N2/c1-3-11-7-8-13-14(9-11)16(10(2)15-13)12-5-4-6-12/h7-9,12H,3-6H2,1-2H3. The number of aromatic nitrogens is 2. The van der Waals surface area contributed by atoms with Crippen LogP contribution in [0.2, 0.25) is 0 Å². The fraction of sp³-hybridized carbons (Fsp3) is 0.500. The van der Waals surface area contributed by atoms with Crippen LogP contribution in [0.4, 0.5) is 0 Å². The van der Waals surface area contributed by atoms with Crippen LogP contribution in [0.3, 0.4) is 0 Å². The van der Waals surface area contributed by atoms with Crippen LogP contribution >= 0.6 is 0 Å². The van der Waals surface area contributed by atoms with Crippen molar-refractivity contribution in [1.82, 2.24) is 9.55 Å². The number of hydrogen-bond acceptors (Lipinski definition) is 1. The van der Waals surface area contributed by atoms with Crippen LogP contribution in [-0.4, -0.2) is 9.55 Å². The summed E-state index contributed by atoms with van der Waals surface area (Å²) in [5.74, 6) is 1.17. The summed E-state index contributed by atoms with van der Waals surface area (Å²) in [4.78, 5) is 4.65. The van der Waals surface area contributed by atoms with Gasteiger partial charge in [-0.3, -0.25) is 0 Å². The molecule has 1 aliphatic carbocycles. The van der Waals surface area contributed by atoms with Gasteiger partial charge in [0.05, 0.1) is 11.0 Å². The fourth-order valence-corrected chi connectivity index (χ4v) is 2.58. The third-order valence-corrected chi connectivity index (χ3v) is 3.78. The van der Waals surface area contributed by atoms with E-state index in [4.69, 9.17) is 0 Å². The Hall–Kier alpha value is -1.31. The van der Waals surface area contributed by atoms with E-state index in [0.29, 0.717) is 6.04 Å². The minimum Gasteiger partial charge on any atom is -0.325 e. The first-order valence-electron chi connectivity index (χ1n) is 6.27. The Labute approximate surface area is 96.3 Å². The van der Waals surface area contributed by atoms with Gasteiger partial charge in [0.2, 0.25) is 0 Å². The molecule has 0 amide bonds. The molecule has 0 atom stereocenters. The van der Waals surface area contributed by atoms with Gasteiger partial charge < -0.3 is 4.57 Å². The van der Waals surface area contributed by atoms with E-state index in [2.05, 4.69) is 41.6 Å². The van der Waals surface area contributed by atoms with Crippen molar-refractivity contribution in [1.29, 1.82) is 0 Å². The second kappa shape index (κ2) is 3.62. The SMILES string of the molecule is CCc1ccc2nc(C)n(C3CCC3)c2c1. The zero-order valence-electron chi connectivity index (χ0n) is 10.0. The molecule has 0 bridgehead atoms. The van der Waals surface area contributed by atoms with Gasteiger partial charge >= 0.3 is 0 Å². The number of rotatable bonds is 2. The van der Waals surface area contributed by atoms with E-state index >= 15 is 0 Å². The van der Waals surface area contributed by atoms with Crippen molar-refractivity contribution >= 4 is 11.0 Å². The zero-order chi connectivity index (χ0) is 11.1. The molecule has 84 valence electrons. The molecule has 1 fully saturated rings. The minimum absolute atomic E-state index is 0.706. The summed E-state index contributed by atoms with van der Waals surface area (Å²) < 4.78 is 2.44. The molecular formula is C14H18N2. The van der Waals surface area contributed by atoms with Gasteiger partial charge in [-0.25, -0.2) is 4.98 Å². The number of aryl methyl sites for hydroxylation is 2. The Morgan fingerprint density at radius 2 is 2.19 bits per heavy atom. The van der Waals surface area contributed by atoms with Gasteiger partial charge in [-0.2, -0.15) is 0 Å². The summed E-state index contributed by atoms with van der Waals surface area (Å²) in [6, 6.07) is 7.38. The van der Waals surface area contributed by atoms with E-state index in [9.17, 15) is 0 Å². The highest BCUT2D eigenvalue weighted by atomic mass is 15.1. The van der Waals surface area contributed by atoms with Crippen molar-refractivity contribution < 1.29 is 0 Å². The molecule has 1 heterocycles. The predicted molar refractivity (Wildman–Crippen MR) is 66.7 cm³/mol. The van der Waals surface area contributed by atoms with Crippen LogP contribution in [0, 0.1) is 6.92 Å². The van der Waals surface area contributed by atoms with Crippen molar-refractivity contribution in [3.05, 3.63) is 29.6 Å². The number of fused-ring (bicyclic) bond motifs is 1. The number of benzene rings is 1. The molecule has 2 nitrogen and oxygen atoms in total. The van der Waals surface area contributed by atoms with Crippen molar-refractivity contribution in [3.63, 3.8) is 0 Å². The topological polar surface area (TPSA) is 17.8 Å². The van der Waals surface area contributed by atoms with E-state index in [0.717, 1.165) is 11.9 Å². The van der Waals surface area contributed by atoms with Crippen LogP contribution in [-0.2, 0) is 6.42 Å². The third-order valence-electron chi connectivity index (χ3n) is 3.78. The van der Waals surface area contributed by atoms with Crippen LogP contribution < -0.4 is 0 Å². The lowest BCUT2D eigenvalue weighted by Gasteiger charge is -2.28. The molecule has 0 spiro atoms. The first kappa shape index (κ1) is 9.88. The van der Waals surface area contributed by atoms with Crippen LogP contribution in [0.15, 0.2) is 18.2 Å². The molecule has 3 rings (SSSR count). The maximum Gasteiger partial charge on any atom is 0.106 e. The molecule has 16 heavy (non-hydrogen) atoms. The van der Waals surface area contributed by atoms with Gasteiger partial charge in [0.1, 0.15) is 5.82 Å². The molecule has 0 N–H and O–H groups in total. The minimum atomic E-state index is 0.706.